The molecule has 0 saturated heterocycles. The molecule has 0 amide bonds. The van der Waals surface area contributed by atoms with Gasteiger partial charge in [-0.3, -0.25) is 0 Å². The predicted molar refractivity (Wildman–Crippen MR) is 65.8 cm³/mol. The lowest BCUT2D eigenvalue weighted by atomic mass is 10.00. The Kier molecular flexibility index (Phi) is 3.97. The Balaban J connectivity index is 3.09. The van der Waals surface area contributed by atoms with Crippen molar-refractivity contribution in [1.29, 1.82) is 0 Å². The molecule has 1 aromatic heterocycles. The average Bonchev–Trinajstić information content (AvgIpc) is 2.74. The fraction of sp³-hybridized carbons (Fsp3) is 0.556. The van der Waals surface area contributed by atoms with E-state index in [4.69, 9.17) is 10.9 Å². The standard InChI is InChI=1S/C9H17N5O3S/c1-4-9(3,8(10)13-15)14-18(16,17)7-5-11-6(2)12-7/h5,14-15H,4H2,1-3H3,(H2,10,13)(H,11,12). The van der Waals surface area contributed by atoms with Crippen molar-refractivity contribution in [2.24, 2.45) is 10.9 Å². The molecule has 18 heavy (non-hydrogen) atoms. The molecule has 1 unspecified atom stereocenters. The summed E-state index contributed by atoms with van der Waals surface area (Å²) in [5.74, 6) is 0.280. The van der Waals surface area contributed by atoms with E-state index in [0.717, 1.165) is 0 Å². The number of nitrogens with one attached hydrogen (secondary N) is 2. The number of aromatic nitrogens is 2. The summed E-state index contributed by atoms with van der Waals surface area (Å²) in [5, 5.41) is 11.5. The highest BCUT2D eigenvalue weighted by atomic mass is 32.2. The number of rotatable bonds is 5. The molecule has 0 bridgehead atoms. The van der Waals surface area contributed by atoms with Gasteiger partial charge in [0.2, 0.25) is 0 Å². The van der Waals surface area contributed by atoms with Crippen LogP contribution in [0.2, 0.25) is 0 Å². The van der Waals surface area contributed by atoms with Gasteiger partial charge in [-0.25, -0.2) is 13.4 Å². The zero-order valence-electron chi connectivity index (χ0n) is 10.4. The predicted octanol–water partition coefficient (Wildman–Crippen LogP) is -0.0885. The zero-order chi connectivity index (χ0) is 14.0. The van der Waals surface area contributed by atoms with E-state index in [1.54, 1.807) is 13.8 Å². The molecule has 0 radical (unpaired) electrons. The fourth-order valence-corrected chi connectivity index (χ4v) is 2.73. The van der Waals surface area contributed by atoms with Gasteiger partial charge in [0.05, 0.1) is 11.7 Å². The van der Waals surface area contributed by atoms with Crippen molar-refractivity contribution in [3.8, 4) is 0 Å². The largest absolute Gasteiger partial charge is 0.409 e. The van der Waals surface area contributed by atoms with E-state index in [9.17, 15) is 8.42 Å². The third-order valence-corrected chi connectivity index (χ3v) is 4.21. The molecule has 0 spiro atoms. The maximum Gasteiger partial charge on any atom is 0.258 e. The Labute approximate surface area is 105 Å². The molecule has 0 fully saturated rings. The first kappa shape index (κ1) is 14.5. The second-order valence-electron chi connectivity index (χ2n) is 4.11. The maximum atomic E-state index is 12.1. The molecule has 0 saturated carbocycles. The molecular formula is C9H17N5O3S. The van der Waals surface area contributed by atoms with Gasteiger partial charge in [0.1, 0.15) is 5.82 Å². The normalized spacial score (nSPS) is 16.5. The van der Waals surface area contributed by atoms with Crippen LogP contribution in [0.5, 0.6) is 0 Å². The molecule has 1 rings (SSSR count). The fourth-order valence-electron chi connectivity index (χ4n) is 1.30. The first-order valence-corrected chi connectivity index (χ1v) is 6.77. The van der Waals surface area contributed by atoms with Crippen LogP contribution in [0.15, 0.2) is 16.4 Å². The third-order valence-electron chi connectivity index (χ3n) is 2.71. The summed E-state index contributed by atoms with van der Waals surface area (Å²) < 4.78 is 26.5. The van der Waals surface area contributed by atoms with Gasteiger partial charge in [-0.2, -0.15) is 4.72 Å². The SMILES string of the molecule is CCC(C)(NS(=O)(=O)c1cnc(C)[nH]1)/C(N)=N\O. The van der Waals surface area contributed by atoms with Crippen LogP contribution in [0.4, 0.5) is 0 Å². The molecule has 1 aromatic rings. The second kappa shape index (κ2) is 4.94. The molecule has 1 atom stereocenters. The summed E-state index contributed by atoms with van der Waals surface area (Å²) in [6, 6.07) is 0. The summed E-state index contributed by atoms with van der Waals surface area (Å²) in [4.78, 5) is 6.43. The van der Waals surface area contributed by atoms with Crippen molar-refractivity contribution in [3.63, 3.8) is 0 Å². The van der Waals surface area contributed by atoms with E-state index in [1.807, 2.05) is 0 Å². The van der Waals surface area contributed by atoms with Crippen molar-refractivity contribution >= 4 is 15.9 Å². The molecular weight excluding hydrogens is 258 g/mol. The minimum Gasteiger partial charge on any atom is -0.409 e. The number of imidazole rings is 1. The minimum atomic E-state index is -3.80. The molecule has 0 aliphatic rings. The lowest BCUT2D eigenvalue weighted by Crippen LogP contribution is -2.54. The van der Waals surface area contributed by atoms with Crippen LogP contribution in [-0.2, 0) is 10.0 Å². The van der Waals surface area contributed by atoms with Crippen molar-refractivity contribution in [1.82, 2.24) is 14.7 Å². The molecule has 0 aliphatic heterocycles. The highest BCUT2D eigenvalue weighted by Gasteiger charge is 2.34. The number of aryl methyl sites for hydroxylation is 1. The van der Waals surface area contributed by atoms with E-state index in [0.29, 0.717) is 12.2 Å². The highest BCUT2D eigenvalue weighted by Crippen LogP contribution is 2.15. The van der Waals surface area contributed by atoms with Crippen molar-refractivity contribution in [2.75, 3.05) is 0 Å². The molecule has 9 heteroatoms. The minimum absolute atomic E-state index is 0.0644. The second-order valence-corrected chi connectivity index (χ2v) is 5.76. The summed E-state index contributed by atoms with van der Waals surface area (Å²) in [6.07, 6.45) is 1.54. The lowest BCUT2D eigenvalue weighted by molar-refractivity contribution is 0.310. The highest BCUT2D eigenvalue weighted by molar-refractivity contribution is 7.89. The van der Waals surface area contributed by atoms with Gasteiger partial charge in [0.25, 0.3) is 10.0 Å². The molecule has 8 nitrogen and oxygen atoms in total. The first-order valence-electron chi connectivity index (χ1n) is 5.29. The zero-order valence-corrected chi connectivity index (χ0v) is 11.2. The Morgan fingerprint density at radius 3 is 2.72 bits per heavy atom. The number of oxime groups is 1. The molecule has 0 aromatic carbocycles. The van der Waals surface area contributed by atoms with Crippen LogP contribution >= 0.6 is 0 Å². The number of H-pyrrole nitrogens is 1. The molecule has 0 aliphatic carbocycles. The van der Waals surface area contributed by atoms with Gasteiger partial charge < -0.3 is 15.9 Å². The van der Waals surface area contributed by atoms with Gasteiger partial charge in [0.15, 0.2) is 10.9 Å². The maximum absolute atomic E-state index is 12.1. The Bertz CT molecular complexity index is 550. The van der Waals surface area contributed by atoms with E-state index in [-0.39, 0.29) is 10.9 Å². The van der Waals surface area contributed by atoms with Gasteiger partial charge in [0, 0.05) is 0 Å². The number of hydrogen-bond donors (Lipinski definition) is 4. The number of nitrogens with two attached hydrogens (primary N) is 1. The topological polar surface area (TPSA) is 133 Å². The quantitative estimate of drug-likeness (QED) is 0.258. The van der Waals surface area contributed by atoms with E-state index in [1.165, 1.54) is 13.1 Å². The molecule has 1 heterocycles. The van der Waals surface area contributed by atoms with Crippen LogP contribution < -0.4 is 10.5 Å². The Morgan fingerprint density at radius 2 is 2.33 bits per heavy atom. The smallest absolute Gasteiger partial charge is 0.258 e. The van der Waals surface area contributed by atoms with E-state index < -0.39 is 15.6 Å². The number of hydrogen-bond acceptors (Lipinski definition) is 5. The van der Waals surface area contributed by atoms with Crippen LogP contribution in [-0.4, -0.2) is 35.0 Å². The Hall–Kier alpha value is -1.61. The Morgan fingerprint density at radius 1 is 1.72 bits per heavy atom. The molecule has 5 N–H and O–H groups in total. The van der Waals surface area contributed by atoms with Crippen molar-refractivity contribution in [3.05, 3.63) is 12.0 Å². The number of amidine groups is 1. The van der Waals surface area contributed by atoms with Crippen LogP contribution in [0.25, 0.3) is 0 Å². The van der Waals surface area contributed by atoms with Crippen LogP contribution in [0.3, 0.4) is 0 Å². The van der Waals surface area contributed by atoms with E-state index >= 15 is 0 Å². The summed E-state index contributed by atoms with van der Waals surface area (Å²) >= 11 is 0. The lowest BCUT2D eigenvalue weighted by Gasteiger charge is -2.27. The van der Waals surface area contributed by atoms with Crippen molar-refractivity contribution in [2.45, 2.75) is 37.8 Å². The van der Waals surface area contributed by atoms with Crippen molar-refractivity contribution < 1.29 is 13.6 Å². The van der Waals surface area contributed by atoms with Crippen LogP contribution in [0.1, 0.15) is 26.1 Å². The van der Waals surface area contributed by atoms with Gasteiger partial charge in [-0.05, 0) is 20.3 Å². The van der Waals surface area contributed by atoms with E-state index in [2.05, 4.69) is 19.8 Å². The van der Waals surface area contributed by atoms with Gasteiger partial charge >= 0.3 is 0 Å². The number of sulfonamides is 1. The summed E-state index contributed by atoms with van der Waals surface area (Å²) in [7, 11) is -3.80. The van der Waals surface area contributed by atoms with Gasteiger partial charge in [-0.1, -0.05) is 12.1 Å². The number of aromatic amines is 1. The summed E-state index contributed by atoms with van der Waals surface area (Å²) in [5.41, 5.74) is 4.34. The molecule has 102 valence electrons. The number of nitrogens with zero attached hydrogens (tertiary/aromatic N) is 2. The average molecular weight is 275 g/mol. The van der Waals surface area contributed by atoms with Gasteiger partial charge in [-0.15, -0.1) is 0 Å². The first-order chi connectivity index (χ1) is 8.25. The monoisotopic (exact) mass is 275 g/mol. The van der Waals surface area contributed by atoms with Crippen LogP contribution in [0, 0.1) is 6.92 Å². The third kappa shape index (κ3) is 2.79. The summed E-state index contributed by atoms with van der Waals surface area (Å²) in [6.45, 7) is 4.89.